The molecule has 1 N–H and O–H groups in total. The summed E-state index contributed by atoms with van der Waals surface area (Å²) in [5.74, 6) is 1.09. The van der Waals surface area contributed by atoms with Gasteiger partial charge >= 0.3 is 0 Å². The van der Waals surface area contributed by atoms with Crippen molar-refractivity contribution >= 4 is 17.5 Å². The van der Waals surface area contributed by atoms with Crippen molar-refractivity contribution in [2.45, 2.75) is 39.7 Å². The fourth-order valence-electron chi connectivity index (χ4n) is 3.94. The number of nitrogens with zero attached hydrogens (tertiary/aromatic N) is 2. The third-order valence-electron chi connectivity index (χ3n) is 5.59. The summed E-state index contributed by atoms with van der Waals surface area (Å²) < 4.78 is 5.94. The molecule has 1 aromatic heterocycles. The molecule has 5 nitrogen and oxygen atoms in total. The fourth-order valence-corrected chi connectivity index (χ4v) is 4.06. The molecule has 2 heterocycles. The Kier molecular flexibility index (Phi) is 6.09. The molecule has 30 heavy (non-hydrogen) atoms. The van der Waals surface area contributed by atoms with Gasteiger partial charge in [-0.3, -0.25) is 9.89 Å². The number of ether oxygens (including phenoxy) is 1. The van der Waals surface area contributed by atoms with Gasteiger partial charge in [0.05, 0.1) is 12.3 Å². The zero-order valence-electron chi connectivity index (χ0n) is 17.4. The molecule has 2 aromatic carbocycles. The number of benzene rings is 2. The van der Waals surface area contributed by atoms with E-state index < -0.39 is 0 Å². The number of amides is 1. The fraction of sp³-hybridized carbons (Fsp3) is 0.333. The SMILES string of the molecule is Cc1cccc(C)c1OCCCC(=O)N1CCc2[nH]nc(-c3ccc(Cl)cc3)c2C1. The van der Waals surface area contributed by atoms with Gasteiger partial charge in [0.15, 0.2) is 0 Å². The van der Waals surface area contributed by atoms with Gasteiger partial charge in [0.2, 0.25) is 5.91 Å². The summed E-state index contributed by atoms with van der Waals surface area (Å²) in [5, 5.41) is 8.33. The van der Waals surface area contributed by atoms with E-state index in [1.54, 1.807) is 0 Å². The summed E-state index contributed by atoms with van der Waals surface area (Å²) in [5.41, 5.74) is 6.37. The topological polar surface area (TPSA) is 58.2 Å². The quantitative estimate of drug-likeness (QED) is 0.562. The second-order valence-electron chi connectivity index (χ2n) is 7.77. The highest BCUT2D eigenvalue weighted by molar-refractivity contribution is 6.30. The normalized spacial score (nSPS) is 13.2. The second kappa shape index (κ2) is 8.92. The maximum atomic E-state index is 12.8. The Morgan fingerprint density at radius 2 is 1.90 bits per heavy atom. The molecule has 0 spiro atoms. The van der Waals surface area contributed by atoms with Crippen molar-refractivity contribution in [1.29, 1.82) is 0 Å². The van der Waals surface area contributed by atoms with Crippen molar-refractivity contribution in [2.24, 2.45) is 0 Å². The Balaban J connectivity index is 1.35. The minimum Gasteiger partial charge on any atom is -0.493 e. The number of H-pyrrole nitrogens is 1. The second-order valence-corrected chi connectivity index (χ2v) is 8.21. The number of hydrogen-bond donors (Lipinski definition) is 1. The molecule has 156 valence electrons. The van der Waals surface area contributed by atoms with E-state index in [2.05, 4.69) is 10.2 Å². The van der Waals surface area contributed by atoms with Crippen molar-refractivity contribution in [3.8, 4) is 17.0 Å². The molecule has 0 saturated heterocycles. The molecule has 6 heteroatoms. The first-order valence-corrected chi connectivity index (χ1v) is 10.7. The largest absolute Gasteiger partial charge is 0.493 e. The molecule has 0 atom stereocenters. The Hall–Kier alpha value is -2.79. The van der Waals surface area contributed by atoms with Crippen LogP contribution in [0.2, 0.25) is 5.02 Å². The number of aromatic amines is 1. The van der Waals surface area contributed by atoms with E-state index >= 15 is 0 Å². The minimum absolute atomic E-state index is 0.161. The van der Waals surface area contributed by atoms with Crippen LogP contribution in [0.5, 0.6) is 5.75 Å². The lowest BCUT2D eigenvalue weighted by Crippen LogP contribution is -2.36. The third-order valence-corrected chi connectivity index (χ3v) is 5.85. The lowest BCUT2D eigenvalue weighted by Gasteiger charge is -2.27. The third kappa shape index (κ3) is 4.36. The van der Waals surface area contributed by atoms with Gasteiger partial charge in [-0.2, -0.15) is 5.10 Å². The molecule has 0 unspecified atom stereocenters. The number of rotatable bonds is 6. The average Bonchev–Trinajstić information content (AvgIpc) is 3.16. The van der Waals surface area contributed by atoms with Crippen molar-refractivity contribution in [2.75, 3.05) is 13.2 Å². The number of carbonyl (C=O) groups excluding carboxylic acids is 1. The summed E-state index contributed by atoms with van der Waals surface area (Å²) in [6.07, 6.45) is 1.97. The number of aromatic nitrogens is 2. The van der Waals surface area contributed by atoms with Gasteiger partial charge in [-0.05, 0) is 43.5 Å². The van der Waals surface area contributed by atoms with Crippen molar-refractivity contribution in [3.63, 3.8) is 0 Å². The molecule has 1 amide bonds. The number of fused-ring (bicyclic) bond motifs is 1. The van der Waals surface area contributed by atoms with E-state index in [4.69, 9.17) is 16.3 Å². The first kappa shape index (κ1) is 20.5. The van der Waals surface area contributed by atoms with E-state index in [1.165, 1.54) is 0 Å². The van der Waals surface area contributed by atoms with E-state index in [-0.39, 0.29) is 5.91 Å². The van der Waals surface area contributed by atoms with Crippen LogP contribution in [-0.4, -0.2) is 34.2 Å². The van der Waals surface area contributed by atoms with Crippen LogP contribution in [0.4, 0.5) is 0 Å². The molecular weight excluding hydrogens is 398 g/mol. The van der Waals surface area contributed by atoms with Crippen LogP contribution in [-0.2, 0) is 17.8 Å². The Labute approximate surface area is 182 Å². The first-order valence-electron chi connectivity index (χ1n) is 10.3. The summed E-state index contributed by atoms with van der Waals surface area (Å²) >= 11 is 6.01. The molecule has 0 aliphatic carbocycles. The monoisotopic (exact) mass is 423 g/mol. The minimum atomic E-state index is 0.161. The van der Waals surface area contributed by atoms with Crippen LogP contribution in [0.15, 0.2) is 42.5 Å². The van der Waals surface area contributed by atoms with E-state index in [9.17, 15) is 4.79 Å². The summed E-state index contributed by atoms with van der Waals surface area (Å²) in [7, 11) is 0. The van der Waals surface area contributed by atoms with Gasteiger partial charge in [-0.25, -0.2) is 0 Å². The van der Waals surface area contributed by atoms with Crippen molar-refractivity contribution in [3.05, 3.63) is 69.9 Å². The molecule has 0 radical (unpaired) electrons. The van der Waals surface area contributed by atoms with E-state index in [0.717, 1.165) is 45.8 Å². The molecule has 0 saturated carbocycles. The maximum Gasteiger partial charge on any atom is 0.223 e. The van der Waals surface area contributed by atoms with Gasteiger partial charge in [0, 0.05) is 47.8 Å². The standard InChI is InChI=1S/C24H26ClN3O2/c1-16-5-3-6-17(2)24(16)30-14-4-7-22(29)28-13-12-21-20(15-28)23(27-26-21)18-8-10-19(25)11-9-18/h3,5-6,8-11H,4,7,12-15H2,1-2H3,(H,26,27). The van der Waals surface area contributed by atoms with Gasteiger partial charge in [0.1, 0.15) is 5.75 Å². The van der Waals surface area contributed by atoms with Crippen LogP contribution in [0.3, 0.4) is 0 Å². The summed E-state index contributed by atoms with van der Waals surface area (Å²) in [6.45, 7) is 5.93. The number of nitrogens with one attached hydrogen (secondary N) is 1. The molecular formula is C24H26ClN3O2. The summed E-state index contributed by atoms with van der Waals surface area (Å²) in [6, 6.07) is 13.8. The number of aryl methyl sites for hydroxylation is 2. The van der Waals surface area contributed by atoms with Crippen LogP contribution >= 0.6 is 11.6 Å². The van der Waals surface area contributed by atoms with Crippen LogP contribution in [0, 0.1) is 13.8 Å². The van der Waals surface area contributed by atoms with Crippen LogP contribution in [0.1, 0.15) is 35.2 Å². The van der Waals surface area contributed by atoms with E-state index in [1.807, 2.05) is 61.2 Å². The van der Waals surface area contributed by atoms with Gasteiger partial charge < -0.3 is 9.64 Å². The molecule has 0 bridgehead atoms. The van der Waals surface area contributed by atoms with Gasteiger partial charge in [-0.15, -0.1) is 0 Å². The number of hydrogen-bond acceptors (Lipinski definition) is 3. The Bertz CT molecular complexity index is 1020. The summed E-state index contributed by atoms with van der Waals surface area (Å²) in [4.78, 5) is 14.7. The smallest absolute Gasteiger partial charge is 0.223 e. The highest BCUT2D eigenvalue weighted by Gasteiger charge is 2.25. The Morgan fingerprint density at radius 1 is 1.17 bits per heavy atom. The predicted molar refractivity (Wildman–Crippen MR) is 119 cm³/mol. The Morgan fingerprint density at radius 3 is 2.63 bits per heavy atom. The zero-order valence-corrected chi connectivity index (χ0v) is 18.1. The molecule has 3 aromatic rings. The lowest BCUT2D eigenvalue weighted by atomic mass is 10.0. The highest BCUT2D eigenvalue weighted by atomic mass is 35.5. The zero-order chi connectivity index (χ0) is 21.1. The number of para-hydroxylation sites is 1. The maximum absolute atomic E-state index is 12.8. The van der Waals surface area contributed by atoms with Crippen LogP contribution in [0.25, 0.3) is 11.3 Å². The van der Waals surface area contributed by atoms with Gasteiger partial charge in [0.25, 0.3) is 0 Å². The lowest BCUT2D eigenvalue weighted by molar-refractivity contribution is -0.132. The average molecular weight is 424 g/mol. The van der Waals surface area contributed by atoms with Gasteiger partial charge in [-0.1, -0.05) is 41.9 Å². The molecule has 4 rings (SSSR count). The first-order chi connectivity index (χ1) is 14.5. The van der Waals surface area contributed by atoms with Crippen molar-refractivity contribution in [1.82, 2.24) is 15.1 Å². The van der Waals surface area contributed by atoms with Crippen LogP contribution < -0.4 is 4.74 Å². The van der Waals surface area contributed by atoms with Crippen molar-refractivity contribution < 1.29 is 9.53 Å². The number of carbonyl (C=O) groups is 1. The molecule has 0 fully saturated rings. The molecule has 1 aliphatic heterocycles. The highest BCUT2D eigenvalue weighted by Crippen LogP contribution is 2.29. The number of halogens is 1. The molecule has 1 aliphatic rings. The predicted octanol–water partition coefficient (Wildman–Crippen LogP) is 5.09. The van der Waals surface area contributed by atoms with E-state index in [0.29, 0.717) is 37.6 Å².